The average Bonchev–Trinajstić information content (AvgIpc) is 3.29. The Labute approximate surface area is 158 Å². The SMILES string of the molecule is COc1ccnc(N2CCN(C(=O)NCC3(Cn4ccnc4)CC3)CC2)n1. The van der Waals surface area contributed by atoms with Gasteiger partial charge in [0.15, 0.2) is 0 Å². The number of carbonyl (C=O) groups is 1. The van der Waals surface area contributed by atoms with E-state index in [4.69, 9.17) is 4.74 Å². The maximum absolute atomic E-state index is 12.5. The number of hydrogen-bond donors (Lipinski definition) is 1. The van der Waals surface area contributed by atoms with Crippen LogP contribution in [-0.4, -0.2) is 70.3 Å². The van der Waals surface area contributed by atoms with Crippen LogP contribution in [0, 0.1) is 5.41 Å². The lowest BCUT2D eigenvalue weighted by molar-refractivity contribution is 0.190. The second-order valence-electron chi connectivity index (χ2n) is 7.27. The van der Waals surface area contributed by atoms with Crippen molar-refractivity contribution >= 4 is 12.0 Å². The first-order valence-electron chi connectivity index (χ1n) is 9.28. The largest absolute Gasteiger partial charge is 0.481 e. The highest BCUT2D eigenvalue weighted by atomic mass is 16.5. The van der Waals surface area contributed by atoms with E-state index in [2.05, 4.69) is 29.7 Å². The minimum absolute atomic E-state index is 0.0121. The van der Waals surface area contributed by atoms with Crippen molar-refractivity contribution in [3.8, 4) is 5.88 Å². The molecule has 0 aromatic carbocycles. The van der Waals surface area contributed by atoms with Crippen molar-refractivity contribution in [2.24, 2.45) is 5.41 Å². The van der Waals surface area contributed by atoms with Crippen LogP contribution in [0.1, 0.15) is 12.8 Å². The molecule has 4 rings (SSSR count). The number of aromatic nitrogens is 4. The van der Waals surface area contributed by atoms with Crippen LogP contribution in [0.4, 0.5) is 10.7 Å². The molecule has 144 valence electrons. The third-order valence-corrected chi connectivity index (χ3v) is 5.33. The summed E-state index contributed by atoms with van der Waals surface area (Å²) < 4.78 is 7.24. The van der Waals surface area contributed by atoms with Gasteiger partial charge in [-0.1, -0.05) is 0 Å². The molecule has 27 heavy (non-hydrogen) atoms. The highest BCUT2D eigenvalue weighted by molar-refractivity contribution is 5.74. The van der Waals surface area contributed by atoms with Crippen LogP contribution >= 0.6 is 0 Å². The quantitative estimate of drug-likeness (QED) is 0.815. The predicted octanol–water partition coefficient (Wildman–Crippen LogP) is 0.994. The van der Waals surface area contributed by atoms with Crippen molar-refractivity contribution in [2.75, 3.05) is 44.7 Å². The first-order chi connectivity index (χ1) is 13.2. The lowest BCUT2D eigenvalue weighted by Crippen LogP contribution is -2.53. The van der Waals surface area contributed by atoms with E-state index < -0.39 is 0 Å². The average molecular weight is 371 g/mol. The Kier molecular flexibility index (Phi) is 4.83. The summed E-state index contributed by atoms with van der Waals surface area (Å²) in [4.78, 5) is 29.2. The predicted molar refractivity (Wildman–Crippen MR) is 99.7 cm³/mol. The number of ether oxygens (including phenoxy) is 1. The standard InChI is InChI=1S/C18H25N7O2/c1-27-15-2-5-20-16(22-15)24-8-10-25(11-9-24)17(26)21-12-18(3-4-18)13-23-7-6-19-14-23/h2,5-7,14H,3-4,8-13H2,1H3,(H,21,26). The summed E-state index contributed by atoms with van der Waals surface area (Å²) >= 11 is 0. The fourth-order valence-electron chi connectivity index (χ4n) is 3.42. The summed E-state index contributed by atoms with van der Waals surface area (Å²) in [5.74, 6) is 1.19. The molecular weight excluding hydrogens is 346 g/mol. The number of amides is 2. The Morgan fingerprint density at radius 2 is 2.07 bits per heavy atom. The second-order valence-corrected chi connectivity index (χ2v) is 7.27. The van der Waals surface area contributed by atoms with E-state index in [-0.39, 0.29) is 11.4 Å². The number of imidazole rings is 1. The van der Waals surface area contributed by atoms with Crippen molar-refractivity contribution < 1.29 is 9.53 Å². The normalized spacial score (nSPS) is 18.3. The molecule has 1 aliphatic heterocycles. The minimum atomic E-state index is 0.0121. The van der Waals surface area contributed by atoms with E-state index in [0.29, 0.717) is 44.6 Å². The summed E-state index contributed by atoms with van der Waals surface area (Å²) in [6.45, 7) is 4.35. The number of hydrogen-bond acceptors (Lipinski definition) is 6. The lowest BCUT2D eigenvalue weighted by Gasteiger charge is -2.35. The first kappa shape index (κ1) is 17.6. The van der Waals surface area contributed by atoms with E-state index in [9.17, 15) is 4.79 Å². The van der Waals surface area contributed by atoms with E-state index in [1.807, 2.05) is 17.4 Å². The Morgan fingerprint density at radius 3 is 2.74 bits per heavy atom. The Bertz CT molecular complexity index is 768. The molecule has 1 saturated heterocycles. The number of nitrogens with one attached hydrogen (secondary N) is 1. The maximum atomic E-state index is 12.5. The van der Waals surface area contributed by atoms with E-state index in [0.717, 1.165) is 19.4 Å². The number of carbonyl (C=O) groups excluding carboxylic acids is 1. The molecule has 1 saturated carbocycles. The van der Waals surface area contributed by atoms with Crippen molar-refractivity contribution in [1.82, 2.24) is 29.7 Å². The molecule has 2 aromatic heterocycles. The molecule has 1 N–H and O–H groups in total. The molecule has 0 atom stereocenters. The number of rotatable bonds is 6. The molecule has 9 nitrogen and oxygen atoms in total. The van der Waals surface area contributed by atoms with Crippen LogP contribution in [0.3, 0.4) is 0 Å². The topological polar surface area (TPSA) is 88.4 Å². The number of urea groups is 1. The van der Waals surface area contributed by atoms with Gasteiger partial charge in [0, 0.05) is 69.3 Å². The minimum Gasteiger partial charge on any atom is -0.481 e. The van der Waals surface area contributed by atoms with Crippen LogP contribution in [-0.2, 0) is 6.54 Å². The molecule has 2 fully saturated rings. The van der Waals surface area contributed by atoms with E-state index in [1.165, 1.54) is 0 Å². The molecule has 9 heteroatoms. The zero-order valence-corrected chi connectivity index (χ0v) is 15.5. The number of anilines is 1. The fourth-order valence-corrected chi connectivity index (χ4v) is 3.42. The maximum Gasteiger partial charge on any atom is 0.317 e. The number of piperazine rings is 1. The van der Waals surface area contributed by atoms with Crippen molar-refractivity contribution in [2.45, 2.75) is 19.4 Å². The first-order valence-corrected chi connectivity index (χ1v) is 9.28. The smallest absolute Gasteiger partial charge is 0.317 e. The summed E-state index contributed by atoms with van der Waals surface area (Å²) in [6.07, 6.45) is 9.58. The van der Waals surface area contributed by atoms with Crippen LogP contribution in [0.25, 0.3) is 0 Å². The van der Waals surface area contributed by atoms with Crippen molar-refractivity contribution in [1.29, 1.82) is 0 Å². The zero-order chi connectivity index (χ0) is 18.7. The van der Waals surface area contributed by atoms with Crippen molar-refractivity contribution in [3.63, 3.8) is 0 Å². The third-order valence-electron chi connectivity index (χ3n) is 5.33. The van der Waals surface area contributed by atoms with Gasteiger partial charge in [0.1, 0.15) is 0 Å². The number of nitrogens with zero attached hydrogens (tertiary/aromatic N) is 6. The van der Waals surface area contributed by atoms with Gasteiger partial charge in [-0.05, 0) is 12.8 Å². The van der Waals surface area contributed by atoms with Crippen LogP contribution in [0.15, 0.2) is 31.0 Å². The van der Waals surface area contributed by atoms with Crippen LogP contribution in [0.5, 0.6) is 5.88 Å². The summed E-state index contributed by atoms with van der Waals surface area (Å²) in [5.41, 5.74) is 0.187. The van der Waals surface area contributed by atoms with Gasteiger partial charge >= 0.3 is 6.03 Å². The Balaban J connectivity index is 1.25. The van der Waals surface area contributed by atoms with E-state index in [1.54, 1.807) is 25.6 Å². The molecule has 0 bridgehead atoms. The Morgan fingerprint density at radius 1 is 1.26 bits per heavy atom. The molecule has 1 aliphatic carbocycles. The summed E-state index contributed by atoms with van der Waals surface area (Å²) in [6, 6.07) is 1.74. The van der Waals surface area contributed by atoms with Gasteiger partial charge in [0.05, 0.1) is 13.4 Å². The molecule has 2 aromatic rings. The van der Waals surface area contributed by atoms with Gasteiger partial charge in [0.25, 0.3) is 0 Å². The molecule has 0 radical (unpaired) electrons. The molecule has 2 aliphatic rings. The Hall–Kier alpha value is -2.84. The molecule has 3 heterocycles. The molecular formula is C18H25N7O2. The highest BCUT2D eigenvalue weighted by Gasteiger charge is 2.43. The van der Waals surface area contributed by atoms with Gasteiger partial charge in [-0.2, -0.15) is 4.98 Å². The molecule has 2 amide bonds. The fraction of sp³-hybridized carbons (Fsp3) is 0.556. The van der Waals surface area contributed by atoms with Gasteiger partial charge in [-0.25, -0.2) is 14.8 Å². The van der Waals surface area contributed by atoms with Gasteiger partial charge in [0.2, 0.25) is 11.8 Å². The van der Waals surface area contributed by atoms with Gasteiger partial charge in [-0.15, -0.1) is 0 Å². The van der Waals surface area contributed by atoms with Crippen molar-refractivity contribution in [3.05, 3.63) is 31.0 Å². The van der Waals surface area contributed by atoms with E-state index >= 15 is 0 Å². The van der Waals surface area contributed by atoms with Crippen LogP contribution in [0.2, 0.25) is 0 Å². The molecule has 0 unspecified atom stereocenters. The zero-order valence-electron chi connectivity index (χ0n) is 15.5. The third kappa shape index (κ3) is 4.12. The lowest BCUT2D eigenvalue weighted by atomic mass is 10.1. The monoisotopic (exact) mass is 371 g/mol. The molecule has 0 spiro atoms. The van der Waals surface area contributed by atoms with Gasteiger partial charge < -0.3 is 24.4 Å². The highest BCUT2D eigenvalue weighted by Crippen LogP contribution is 2.46. The summed E-state index contributed by atoms with van der Waals surface area (Å²) in [5, 5.41) is 3.12. The number of methoxy groups -OCH3 is 1. The second kappa shape index (κ2) is 7.42. The van der Waals surface area contributed by atoms with Crippen LogP contribution < -0.4 is 15.0 Å². The van der Waals surface area contributed by atoms with Gasteiger partial charge in [-0.3, -0.25) is 0 Å². The summed E-state index contributed by atoms with van der Waals surface area (Å²) in [7, 11) is 1.59.